The molecule has 0 amide bonds. The van der Waals surface area contributed by atoms with Gasteiger partial charge in [-0.15, -0.1) is 12.4 Å². The Morgan fingerprint density at radius 3 is 2.80 bits per heavy atom. The lowest BCUT2D eigenvalue weighted by Gasteiger charge is -2.31. The third-order valence-corrected chi connectivity index (χ3v) is 5.16. The Balaban J connectivity index is 0.00000200. The minimum Gasteiger partial charge on any atom is -0.312 e. The maximum Gasteiger partial charge on any atom is 0.218 e. The molecule has 4 nitrogen and oxygen atoms in total. The molecule has 0 saturated carbocycles. The van der Waals surface area contributed by atoms with Crippen LogP contribution < -0.4 is 5.32 Å². The van der Waals surface area contributed by atoms with Gasteiger partial charge in [-0.1, -0.05) is 17.7 Å². The lowest BCUT2D eigenvalue weighted by atomic mass is 10.2. The smallest absolute Gasteiger partial charge is 0.218 e. The van der Waals surface area contributed by atoms with Gasteiger partial charge in [-0.25, -0.2) is 12.8 Å². The summed E-state index contributed by atoms with van der Waals surface area (Å²) in [6.07, 6.45) is 0. The average molecular weight is 343 g/mol. The Morgan fingerprint density at radius 1 is 1.50 bits per heavy atom. The Hall–Kier alpha value is -0.400. The summed E-state index contributed by atoms with van der Waals surface area (Å²) in [4.78, 5) is 0. The lowest BCUT2D eigenvalue weighted by Crippen LogP contribution is -2.51. The summed E-state index contributed by atoms with van der Waals surface area (Å²) < 4.78 is 39.0. The highest BCUT2D eigenvalue weighted by Crippen LogP contribution is 2.19. The van der Waals surface area contributed by atoms with E-state index < -0.39 is 15.8 Å². The van der Waals surface area contributed by atoms with Crippen LogP contribution in [0, 0.1) is 5.82 Å². The van der Waals surface area contributed by atoms with Crippen molar-refractivity contribution in [1.29, 1.82) is 0 Å². The lowest BCUT2D eigenvalue weighted by molar-refractivity contribution is 0.310. The number of nitrogens with one attached hydrogen (secondary N) is 1. The van der Waals surface area contributed by atoms with E-state index in [0.29, 0.717) is 25.2 Å². The first-order valence-corrected chi connectivity index (χ1v) is 8.02. The summed E-state index contributed by atoms with van der Waals surface area (Å²) in [6.45, 7) is 3.50. The van der Waals surface area contributed by atoms with Crippen molar-refractivity contribution in [3.8, 4) is 0 Å². The van der Waals surface area contributed by atoms with Crippen LogP contribution in [-0.2, 0) is 15.8 Å². The first kappa shape index (κ1) is 17.7. The summed E-state index contributed by atoms with van der Waals surface area (Å²) >= 11 is 5.66. The molecule has 8 heteroatoms. The zero-order valence-corrected chi connectivity index (χ0v) is 13.4. The van der Waals surface area contributed by atoms with E-state index in [1.54, 1.807) is 0 Å². The van der Waals surface area contributed by atoms with Gasteiger partial charge in [0, 0.05) is 25.7 Å². The number of hydrogen-bond donors (Lipinski definition) is 1. The number of halogens is 3. The van der Waals surface area contributed by atoms with Crippen molar-refractivity contribution in [2.24, 2.45) is 0 Å². The molecule has 0 unspecified atom stereocenters. The van der Waals surface area contributed by atoms with Crippen LogP contribution in [0.25, 0.3) is 0 Å². The Labute approximate surface area is 129 Å². The highest BCUT2D eigenvalue weighted by atomic mass is 35.5. The molecule has 1 aromatic rings. The average Bonchev–Trinajstić information content (AvgIpc) is 2.33. The SMILES string of the molecule is C[C@H]1CN(S(=O)(=O)Cc2ccc(F)c(Cl)c2)CCN1.Cl. The summed E-state index contributed by atoms with van der Waals surface area (Å²) in [5, 5.41) is 3.13. The molecule has 20 heavy (non-hydrogen) atoms. The van der Waals surface area contributed by atoms with Crippen molar-refractivity contribution in [1.82, 2.24) is 9.62 Å². The van der Waals surface area contributed by atoms with Crippen LogP contribution in [0.5, 0.6) is 0 Å². The molecule has 1 aliphatic heterocycles. The normalized spacial score (nSPS) is 20.4. The standard InChI is InChI=1S/C12H16ClFN2O2S.ClH/c1-9-7-16(5-4-15-9)19(17,18)8-10-2-3-12(14)11(13)6-10;/h2-3,6,9,15H,4-5,7-8H2,1H3;1H/t9-;/m0./s1. The molecule has 0 aromatic heterocycles. The predicted octanol–water partition coefficient (Wildman–Crippen LogP) is 2.02. The fourth-order valence-corrected chi connectivity index (χ4v) is 3.89. The molecule has 1 aliphatic rings. The molecular formula is C12H17Cl2FN2O2S. The van der Waals surface area contributed by atoms with Crippen molar-refractivity contribution >= 4 is 34.0 Å². The van der Waals surface area contributed by atoms with E-state index in [4.69, 9.17) is 11.6 Å². The van der Waals surface area contributed by atoms with Gasteiger partial charge >= 0.3 is 0 Å². The number of piperazine rings is 1. The Bertz CT molecular complexity index is 569. The van der Waals surface area contributed by atoms with Crippen molar-refractivity contribution in [2.45, 2.75) is 18.7 Å². The molecule has 1 fully saturated rings. The van der Waals surface area contributed by atoms with Crippen LogP contribution in [0.4, 0.5) is 4.39 Å². The Morgan fingerprint density at radius 2 is 2.20 bits per heavy atom. The first-order chi connectivity index (χ1) is 8.88. The molecule has 0 aliphatic carbocycles. The van der Waals surface area contributed by atoms with E-state index in [1.807, 2.05) is 6.92 Å². The molecule has 2 rings (SSSR count). The molecule has 1 heterocycles. The van der Waals surface area contributed by atoms with Crippen LogP contribution in [0.15, 0.2) is 18.2 Å². The van der Waals surface area contributed by atoms with Gasteiger partial charge in [0.1, 0.15) is 5.82 Å². The number of nitrogens with zero attached hydrogens (tertiary/aromatic N) is 1. The van der Waals surface area contributed by atoms with Gasteiger partial charge in [0.05, 0.1) is 10.8 Å². The molecule has 1 saturated heterocycles. The second-order valence-electron chi connectivity index (χ2n) is 4.72. The molecule has 1 aromatic carbocycles. The minimum absolute atomic E-state index is 0. The summed E-state index contributed by atoms with van der Waals surface area (Å²) in [7, 11) is -3.39. The van der Waals surface area contributed by atoms with Gasteiger partial charge in [0.2, 0.25) is 10.0 Å². The van der Waals surface area contributed by atoms with Crippen molar-refractivity contribution in [2.75, 3.05) is 19.6 Å². The van der Waals surface area contributed by atoms with Crippen LogP contribution in [0.1, 0.15) is 12.5 Å². The van der Waals surface area contributed by atoms with Gasteiger partial charge in [0.25, 0.3) is 0 Å². The molecule has 1 N–H and O–H groups in total. The van der Waals surface area contributed by atoms with Crippen LogP contribution in [0.2, 0.25) is 5.02 Å². The van der Waals surface area contributed by atoms with Crippen molar-refractivity contribution < 1.29 is 12.8 Å². The maximum absolute atomic E-state index is 13.0. The van der Waals surface area contributed by atoms with Gasteiger partial charge in [0.15, 0.2) is 0 Å². The number of sulfonamides is 1. The first-order valence-electron chi connectivity index (χ1n) is 6.03. The Kier molecular flexibility index (Phi) is 6.22. The second kappa shape index (κ2) is 7.04. The van der Waals surface area contributed by atoms with E-state index in [9.17, 15) is 12.8 Å². The van der Waals surface area contributed by atoms with E-state index in [1.165, 1.54) is 22.5 Å². The zero-order valence-electron chi connectivity index (χ0n) is 11.0. The highest BCUT2D eigenvalue weighted by molar-refractivity contribution is 7.88. The topological polar surface area (TPSA) is 49.4 Å². The largest absolute Gasteiger partial charge is 0.312 e. The van der Waals surface area contributed by atoms with Gasteiger partial charge < -0.3 is 5.32 Å². The van der Waals surface area contributed by atoms with E-state index in [2.05, 4.69) is 5.32 Å². The second-order valence-corrected chi connectivity index (χ2v) is 7.09. The summed E-state index contributed by atoms with van der Waals surface area (Å²) in [5.74, 6) is -0.696. The third kappa shape index (κ3) is 4.30. The number of hydrogen-bond acceptors (Lipinski definition) is 3. The van der Waals surface area contributed by atoms with Crippen LogP contribution in [0.3, 0.4) is 0 Å². The van der Waals surface area contributed by atoms with Gasteiger partial charge in [-0.05, 0) is 24.6 Å². The van der Waals surface area contributed by atoms with E-state index >= 15 is 0 Å². The minimum atomic E-state index is -3.39. The zero-order chi connectivity index (χ0) is 14.0. The molecule has 1 atom stereocenters. The van der Waals surface area contributed by atoms with Crippen LogP contribution in [-0.4, -0.2) is 38.4 Å². The maximum atomic E-state index is 13.0. The van der Waals surface area contributed by atoms with Crippen molar-refractivity contribution in [3.63, 3.8) is 0 Å². The third-order valence-electron chi connectivity index (χ3n) is 3.06. The molecule has 0 spiro atoms. The van der Waals surface area contributed by atoms with Gasteiger partial charge in [-0.3, -0.25) is 0 Å². The fourth-order valence-electron chi connectivity index (χ4n) is 2.08. The fraction of sp³-hybridized carbons (Fsp3) is 0.500. The molecule has 0 radical (unpaired) electrons. The van der Waals surface area contributed by atoms with E-state index in [0.717, 1.165) is 0 Å². The highest BCUT2D eigenvalue weighted by Gasteiger charge is 2.27. The predicted molar refractivity (Wildman–Crippen MR) is 80.3 cm³/mol. The molecular weight excluding hydrogens is 326 g/mol. The summed E-state index contributed by atoms with van der Waals surface area (Å²) in [5.41, 5.74) is 0.498. The number of rotatable bonds is 3. The monoisotopic (exact) mass is 342 g/mol. The quantitative estimate of drug-likeness (QED) is 0.914. The molecule has 0 bridgehead atoms. The van der Waals surface area contributed by atoms with Crippen molar-refractivity contribution in [3.05, 3.63) is 34.6 Å². The summed E-state index contributed by atoms with van der Waals surface area (Å²) in [6, 6.07) is 4.14. The number of benzene rings is 1. The van der Waals surface area contributed by atoms with Crippen LogP contribution >= 0.6 is 24.0 Å². The molecule has 114 valence electrons. The van der Waals surface area contributed by atoms with E-state index in [-0.39, 0.29) is 29.2 Å². The van der Waals surface area contributed by atoms with Gasteiger partial charge in [-0.2, -0.15) is 4.31 Å².